The maximum Gasteiger partial charge on any atom is 0.0950 e. The summed E-state index contributed by atoms with van der Waals surface area (Å²) < 4.78 is 11.1. The van der Waals surface area contributed by atoms with Gasteiger partial charge in [0.2, 0.25) is 0 Å². The third-order valence-electron chi connectivity index (χ3n) is 2.57. The Bertz CT molecular complexity index is 316. The van der Waals surface area contributed by atoms with E-state index in [2.05, 4.69) is 12.2 Å². The minimum Gasteiger partial charge on any atom is -0.379 e. The molecule has 102 valence electrons. The predicted molar refractivity (Wildman–Crippen MR) is 75.2 cm³/mol. The molecule has 0 saturated heterocycles. The van der Waals surface area contributed by atoms with E-state index >= 15 is 0 Å². The molecule has 1 rings (SSSR count). The summed E-state index contributed by atoms with van der Waals surface area (Å²) >= 11 is 5.89. The highest BCUT2D eigenvalue weighted by Gasteiger charge is 2.11. The van der Waals surface area contributed by atoms with Crippen LogP contribution in [-0.4, -0.2) is 32.9 Å². The fourth-order valence-corrected chi connectivity index (χ4v) is 1.75. The van der Waals surface area contributed by atoms with E-state index in [0.29, 0.717) is 13.2 Å². The molecule has 0 aromatic heterocycles. The summed E-state index contributed by atoms with van der Waals surface area (Å²) in [5.74, 6) is 0. The molecule has 0 aliphatic heterocycles. The van der Waals surface area contributed by atoms with E-state index in [9.17, 15) is 0 Å². The number of hydrogen-bond acceptors (Lipinski definition) is 3. The number of hydrogen-bond donors (Lipinski definition) is 1. The second-order valence-corrected chi connectivity index (χ2v) is 4.35. The van der Waals surface area contributed by atoms with E-state index in [-0.39, 0.29) is 6.10 Å². The Morgan fingerprint density at radius 3 is 2.50 bits per heavy atom. The summed E-state index contributed by atoms with van der Waals surface area (Å²) in [5.41, 5.74) is 1.14. The molecule has 1 aromatic rings. The highest BCUT2D eigenvalue weighted by atomic mass is 35.5. The fourth-order valence-electron chi connectivity index (χ4n) is 1.62. The van der Waals surface area contributed by atoms with Crippen LogP contribution < -0.4 is 5.32 Å². The quantitative estimate of drug-likeness (QED) is 0.701. The van der Waals surface area contributed by atoms with Crippen LogP contribution >= 0.6 is 11.6 Å². The lowest BCUT2D eigenvalue weighted by atomic mass is 10.1. The van der Waals surface area contributed by atoms with Gasteiger partial charge in [-0.05, 0) is 31.2 Å². The monoisotopic (exact) mass is 271 g/mol. The summed E-state index contributed by atoms with van der Waals surface area (Å²) in [5, 5.41) is 4.05. The SMILES string of the molecule is CCNCC(OCCOCC)c1ccc(Cl)cc1. The molecule has 0 aliphatic rings. The molecule has 0 radical (unpaired) electrons. The van der Waals surface area contributed by atoms with Crippen LogP contribution in [0.5, 0.6) is 0 Å². The van der Waals surface area contributed by atoms with Crippen LogP contribution in [0, 0.1) is 0 Å². The highest BCUT2D eigenvalue weighted by Crippen LogP contribution is 2.19. The fraction of sp³-hybridized carbons (Fsp3) is 0.571. The molecule has 0 amide bonds. The Kier molecular flexibility index (Phi) is 8.01. The lowest BCUT2D eigenvalue weighted by Crippen LogP contribution is -2.24. The van der Waals surface area contributed by atoms with E-state index in [4.69, 9.17) is 21.1 Å². The molecular formula is C14H22ClNO2. The third-order valence-corrected chi connectivity index (χ3v) is 2.82. The van der Waals surface area contributed by atoms with Gasteiger partial charge in [0.1, 0.15) is 0 Å². The maximum absolute atomic E-state index is 5.89. The van der Waals surface area contributed by atoms with E-state index in [1.807, 2.05) is 31.2 Å². The molecule has 0 spiro atoms. The molecule has 1 N–H and O–H groups in total. The maximum atomic E-state index is 5.89. The van der Waals surface area contributed by atoms with E-state index in [1.165, 1.54) is 0 Å². The zero-order valence-corrected chi connectivity index (χ0v) is 11.9. The van der Waals surface area contributed by atoms with Gasteiger partial charge in [0.05, 0.1) is 19.3 Å². The number of rotatable bonds is 9. The van der Waals surface area contributed by atoms with Crippen LogP contribution in [0.2, 0.25) is 5.02 Å². The Balaban J connectivity index is 2.51. The number of halogens is 1. The minimum absolute atomic E-state index is 0.0441. The number of benzene rings is 1. The first kappa shape index (κ1) is 15.4. The molecule has 3 nitrogen and oxygen atoms in total. The molecule has 1 aromatic carbocycles. The first-order valence-corrected chi connectivity index (χ1v) is 6.81. The Labute approximate surface area is 114 Å². The molecular weight excluding hydrogens is 250 g/mol. The van der Waals surface area contributed by atoms with Crippen LogP contribution in [-0.2, 0) is 9.47 Å². The van der Waals surface area contributed by atoms with E-state index in [0.717, 1.165) is 30.3 Å². The third kappa shape index (κ3) is 5.83. The zero-order valence-electron chi connectivity index (χ0n) is 11.1. The van der Waals surface area contributed by atoms with Crippen molar-refractivity contribution < 1.29 is 9.47 Å². The van der Waals surface area contributed by atoms with Crippen LogP contribution in [0.25, 0.3) is 0 Å². The largest absolute Gasteiger partial charge is 0.379 e. The molecule has 1 atom stereocenters. The lowest BCUT2D eigenvalue weighted by Gasteiger charge is -2.18. The Morgan fingerprint density at radius 1 is 1.17 bits per heavy atom. The molecule has 0 heterocycles. The van der Waals surface area contributed by atoms with Gasteiger partial charge in [0, 0.05) is 18.2 Å². The van der Waals surface area contributed by atoms with Crippen molar-refractivity contribution in [2.75, 3.05) is 32.9 Å². The molecule has 0 saturated carbocycles. The Hall–Kier alpha value is -0.610. The van der Waals surface area contributed by atoms with Crippen LogP contribution in [0.1, 0.15) is 25.5 Å². The molecule has 4 heteroatoms. The summed E-state index contributed by atoms with van der Waals surface area (Å²) in [6.45, 7) is 7.75. The number of nitrogens with one attached hydrogen (secondary N) is 1. The zero-order chi connectivity index (χ0) is 13.2. The van der Waals surface area contributed by atoms with E-state index < -0.39 is 0 Å². The van der Waals surface area contributed by atoms with Gasteiger partial charge in [0.15, 0.2) is 0 Å². The van der Waals surface area contributed by atoms with Crippen molar-refractivity contribution in [3.63, 3.8) is 0 Å². The number of ether oxygens (including phenoxy) is 2. The standard InChI is InChI=1S/C14H22ClNO2/c1-3-16-11-14(18-10-9-17-4-2)12-5-7-13(15)8-6-12/h5-8,14,16H,3-4,9-11H2,1-2H3. The minimum atomic E-state index is 0.0441. The van der Waals surface area contributed by atoms with Gasteiger partial charge in [-0.3, -0.25) is 0 Å². The van der Waals surface area contributed by atoms with Crippen molar-refractivity contribution >= 4 is 11.6 Å². The highest BCUT2D eigenvalue weighted by molar-refractivity contribution is 6.30. The topological polar surface area (TPSA) is 30.5 Å². The van der Waals surface area contributed by atoms with Crippen molar-refractivity contribution in [2.45, 2.75) is 20.0 Å². The van der Waals surface area contributed by atoms with Gasteiger partial charge in [-0.2, -0.15) is 0 Å². The normalized spacial score (nSPS) is 12.6. The van der Waals surface area contributed by atoms with Crippen LogP contribution in [0.15, 0.2) is 24.3 Å². The van der Waals surface area contributed by atoms with E-state index in [1.54, 1.807) is 0 Å². The van der Waals surface area contributed by atoms with Gasteiger partial charge in [-0.15, -0.1) is 0 Å². The molecule has 1 unspecified atom stereocenters. The van der Waals surface area contributed by atoms with Gasteiger partial charge in [-0.1, -0.05) is 30.7 Å². The molecule has 0 bridgehead atoms. The first-order chi connectivity index (χ1) is 8.77. The van der Waals surface area contributed by atoms with Crippen molar-refractivity contribution in [3.05, 3.63) is 34.9 Å². The van der Waals surface area contributed by atoms with Crippen molar-refractivity contribution in [1.29, 1.82) is 0 Å². The van der Waals surface area contributed by atoms with Crippen LogP contribution in [0.4, 0.5) is 0 Å². The second kappa shape index (κ2) is 9.34. The molecule has 0 fully saturated rings. The summed E-state index contributed by atoms with van der Waals surface area (Å²) in [4.78, 5) is 0. The predicted octanol–water partition coefficient (Wildman–Crippen LogP) is 3.04. The first-order valence-electron chi connectivity index (χ1n) is 6.43. The average molecular weight is 272 g/mol. The summed E-state index contributed by atoms with van der Waals surface area (Å²) in [6.07, 6.45) is 0.0441. The van der Waals surface area contributed by atoms with Crippen molar-refractivity contribution in [1.82, 2.24) is 5.32 Å². The van der Waals surface area contributed by atoms with Crippen LogP contribution in [0.3, 0.4) is 0 Å². The van der Waals surface area contributed by atoms with Crippen molar-refractivity contribution in [3.8, 4) is 0 Å². The molecule has 18 heavy (non-hydrogen) atoms. The number of likely N-dealkylation sites (N-methyl/N-ethyl adjacent to an activating group) is 1. The Morgan fingerprint density at radius 2 is 1.89 bits per heavy atom. The smallest absolute Gasteiger partial charge is 0.0950 e. The van der Waals surface area contributed by atoms with Gasteiger partial charge >= 0.3 is 0 Å². The average Bonchev–Trinajstić information content (AvgIpc) is 2.39. The van der Waals surface area contributed by atoms with Gasteiger partial charge < -0.3 is 14.8 Å². The lowest BCUT2D eigenvalue weighted by molar-refractivity contribution is 0.00708. The summed E-state index contributed by atoms with van der Waals surface area (Å²) in [6, 6.07) is 7.79. The second-order valence-electron chi connectivity index (χ2n) is 3.92. The van der Waals surface area contributed by atoms with Gasteiger partial charge in [-0.25, -0.2) is 0 Å². The summed E-state index contributed by atoms with van der Waals surface area (Å²) in [7, 11) is 0. The van der Waals surface area contributed by atoms with Gasteiger partial charge in [0.25, 0.3) is 0 Å². The van der Waals surface area contributed by atoms with Crippen molar-refractivity contribution in [2.24, 2.45) is 0 Å². The molecule has 0 aliphatic carbocycles.